The van der Waals surface area contributed by atoms with E-state index in [0.717, 1.165) is 21.1 Å². The molecule has 0 spiro atoms. The van der Waals surface area contributed by atoms with Crippen molar-refractivity contribution in [1.29, 1.82) is 0 Å². The van der Waals surface area contributed by atoms with Gasteiger partial charge in [-0.1, -0.05) is 156 Å². The lowest BCUT2D eigenvalue weighted by Gasteiger charge is -2.41. The van der Waals surface area contributed by atoms with Crippen LogP contribution in [0.25, 0.3) is 0 Å². The predicted molar refractivity (Wildman–Crippen MR) is 185 cm³/mol. The monoisotopic (exact) mass is 608 g/mol. The van der Waals surface area contributed by atoms with Gasteiger partial charge in [0.1, 0.15) is 0 Å². The molecule has 6 aromatic rings. The third kappa shape index (κ3) is 6.53. The second-order valence-corrected chi connectivity index (χ2v) is 13.6. The fraction of sp³-hybridized carbons (Fsp3) is 0.100. The molecule has 6 rings (SSSR count). The summed E-state index contributed by atoms with van der Waals surface area (Å²) in [4.78, 5) is 2.96. The highest BCUT2D eigenvalue weighted by Crippen LogP contribution is 2.69. The van der Waals surface area contributed by atoms with E-state index in [9.17, 15) is 5.02 Å². The second-order valence-electron chi connectivity index (χ2n) is 10.9. The first-order valence-corrected chi connectivity index (χ1v) is 16.9. The van der Waals surface area contributed by atoms with Crippen molar-refractivity contribution in [2.24, 2.45) is 0 Å². The Balaban J connectivity index is 1.29. The number of hydrogen-bond donors (Lipinski definition) is 1. The average Bonchev–Trinajstić information content (AvgIpc) is 3.13. The third-order valence-corrected chi connectivity index (χ3v) is 11.5. The molecule has 0 aromatic heterocycles. The first-order valence-electron chi connectivity index (χ1n) is 15.4. The van der Waals surface area contributed by atoms with E-state index in [1.807, 2.05) is 54.6 Å². The molecule has 6 aromatic carbocycles. The number of rotatable bonds is 13. The van der Waals surface area contributed by atoms with E-state index in [1.165, 1.54) is 16.7 Å². The van der Waals surface area contributed by atoms with Gasteiger partial charge >= 0.3 is 7.32 Å². The van der Waals surface area contributed by atoms with Crippen LogP contribution in [-0.4, -0.2) is 19.0 Å². The standard InChI is InChI=1S/C40H37BO3S/c42-41(44-45(37-26-13-4-14-27-37,38-28-15-5-16-29-38)39-30-17-6-18-31-39)43-33-19-32-40(34-20-7-1-8-21-34,35-22-9-2-10-23-35)36-24-11-3-12-25-36/h1-18,20-31,42H,19,32-33H2. The van der Waals surface area contributed by atoms with Crippen LogP contribution in [0.15, 0.2) is 197 Å². The minimum atomic E-state index is -2.30. The molecule has 0 aliphatic heterocycles. The Bertz CT molecular complexity index is 1530. The van der Waals surface area contributed by atoms with Crippen LogP contribution in [0.5, 0.6) is 0 Å². The van der Waals surface area contributed by atoms with Crippen LogP contribution in [0.2, 0.25) is 0 Å². The van der Waals surface area contributed by atoms with Crippen molar-refractivity contribution in [1.82, 2.24) is 0 Å². The summed E-state index contributed by atoms with van der Waals surface area (Å²) < 4.78 is 12.8. The third-order valence-electron chi connectivity index (χ3n) is 8.21. The lowest BCUT2D eigenvalue weighted by molar-refractivity contribution is 0.193. The summed E-state index contributed by atoms with van der Waals surface area (Å²) in [7, 11) is -3.73. The van der Waals surface area contributed by atoms with Crippen molar-refractivity contribution < 1.29 is 13.8 Å². The minimum absolute atomic E-state index is 0.323. The van der Waals surface area contributed by atoms with E-state index >= 15 is 0 Å². The molecule has 0 atom stereocenters. The molecule has 0 aliphatic carbocycles. The van der Waals surface area contributed by atoms with Gasteiger partial charge in [-0.25, -0.2) is 0 Å². The van der Waals surface area contributed by atoms with Crippen LogP contribution in [0.1, 0.15) is 29.5 Å². The molecule has 5 heteroatoms. The maximum atomic E-state index is 11.4. The van der Waals surface area contributed by atoms with Crippen molar-refractivity contribution in [2.75, 3.05) is 6.61 Å². The summed E-state index contributed by atoms with van der Waals surface area (Å²) in [5, 5.41) is 11.4. The van der Waals surface area contributed by atoms with Gasteiger partial charge in [0, 0.05) is 26.7 Å². The average molecular weight is 609 g/mol. The largest absolute Gasteiger partial charge is 0.647 e. The molecule has 0 unspecified atom stereocenters. The van der Waals surface area contributed by atoms with Crippen molar-refractivity contribution in [2.45, 2.75) is 32.9 Å². The Morgan fingerprint density at radius 1 is 0.467 bits per heavy atom. The highest BCUT2D eigenvalue weighted by molar-refractivity contribution is 8.30. The molecule has 0 fully saturated rings. The lowest BCUT2D eigenvalue weighted by Crippen LogP contribution is -2.31. The highest BCUT2D eigenvalue weighted by Gasteiger charge is 2.39. The van der Waals surface area contributed by atoms with Gasteiger partial charge in [0.25, 0.3) is 0 Å². The van der Waals surface area contributed by atoms with E-state index in [-0.39, 0.29) is 5.41 Å². The molecule has 0 saturated carbocycles. The molecular weight excluding hydrogens is 571 g/mol. The van der Waals surface area contributed by atoms with Gasteiger partial charge in [0.2, 0.25) is 0 Å². The van der Waals surface area contributed by atoms with Gasteiger partial charge in [-0.15, -0.1) is 0 Å². The summed E-state index contributed by atoms with van der Waals surface area (Å²) in [5.41, 5.74) is 3.28. The normalized spacial score (nSPS) is 12.0. The summed E-state index contributed by atoms with van der Waals surface area (Å²) in [6.45, 7) is 0.323. The van der Waals surface area contributed by atoms with Crippen LogP contribution in [0.3, 0.4) is 0 Å². The van der Waals surface area contributed by atoms with Crippen LogP contribution in [0.4, 0.5) is 0 Å². The summed E-state index contributed by atoms with van der Waals surface area (Å²) in [5.74, 6) is 0. The molecule has 0 saturated heterocycles. The number of benzene rings is 6. The molecular formula is C40H37BO3S. The Morgan fingerprint density at radius 3 is 1.11 bits per heavy atom. The maximum Gasteiger partial charge on any atom is 0.647 e. The zero-order valence-electron chi connectivity index (χ0n) is 25.2. The van der Waals surface area contributed by atoms with E-state index < -0.39 is 17.6 Å². The SMILES string of the molecule is OB(OCCCC(c1ccccc1)(c1ccccc1)c1ccccc1)OS(c1ccccc1)(c1ccccc1)c1ccccc1. The molecule has 224 valence electrons. The summed E-state index contributed by atoms with van der Waals surface area (Å²) >= 11 is 0. The lowest BCUT2D eigenvalue weighted by atomic mass is 9.67. The Kier molecular flexibility index (Phi) is 9.94. The van der Waals surface area contributed by atoms with Crippen LogP contribution in [-0.2, 0) is 14.2 Å². The summed E-state index contributed by atoms with van der Waals surface area (Å²) in [6.07, 6.45) is 1.48. The van der Waals surface area contributed by atoms with E-state index in [1.54, 1.807) is 0 Å². The van der Waals surface area contributed by atoms with Gasteiger partial charge in [-0.3, -0.25) is 0 Å². The molecule has 0 radical (unpaired) electrons. The molecule has 0 aliphatic rings. The van der Waals surface area contributed by atoms with Gasteiger partial charge in [-0.05, 0) is 65.9 Å². The molecule has 0 amide bonds. The van der Waals surface area contributed by atoms with Gasteiger partial charge < -0.3 is 13.8 Å². The summed E-state index contributed by atoms with van der Waals surface area (Å²) in [6, 6.07) is 62.4. The van der Waals surface area contributed by atoms with Crippen LogP contribution < -0.4 is 0 Å². The topological polar surface area (TPSA) is 38.7 Å². The van der Waals surface area contributed by atoms with Gasteiger partial charge in [0.15, 0.2) is 0 Å². The zero-order valence-corrected chi connectivity index (χ0v) is 26.0. The molecule has 3 nitrogen and oxygen atoms in total. The number of hydrogen-bond acceptors (Lipinski definition) is 3. The highest BCUT2D eigenvalue weighted by atomic mass is 32.3. The zero-order chi connectivity index (χ0) is 30.8. The van der Waals surface area contributed by atoms with Crippen LogP contribution >= 0.6 is 10.3 Å². The smallest absolute Gasteiger partial charge is 0.401 e. The first-order chi connectivity index (χ1) is 22.2. The van der Waals surface area contributed by atoms with Gasteiger partial charge in [0.05, 0.1) is 0 Å². The minimum Gasteiger partial charge on any atom is -0.401 e. The van der Waals surface area contributed by atoms with Crippen LogP contribution in [0, 0.1) is 0 Å². The molecule has 0 heterocycles. The van der Waals surface area contributed by atoms with Crippen molar-refractivity contribution >= 4 is 17.6 Å². The Morgan fingerprint density at radius 2 is 0.778 bits per heavy atom. The Hall–Kier alpha value is -4.39. The molecule has 45 heavy (non-hydrogen) atoms. The fourth-order valence-electron chi connectivity index (χ4n) is 6.19. The van der Waals surface area contributed by atoms with Gasteiger partial charge in [-0.2, -0.15) is 0 Å². The Labute approximate surface area is 268 Å². The van der Waals surface area contributed by atoms with E-state index in [0.29, 0.717) is 13.0 Å². The van der Waals surface area contributed by atoms with E-state index in [2.05, 4.69) is 127 Å². The quantitative estimate of drug-likeness (QED) is 0.0806. The maximum absolute atomic E-state index is 11.4. The van der Waals surface area contributed by atoms with Crippen molar-refractivity contribution in [3.8, 4) is 0 Å². The predicted octanol–water partition coefficient (Wildman–Crippen LogP) is 9.71. The van der Waals surface area contributed by atoms with E-state index in [4.69, 9.17) is 8.75 Å². The van der Waals surface area contributed by atoms with Crippen molar-refractivity contribution in [3.63, 3.8) is 0 Å². The molecule has 1 N–H and O–H groups in total. The molecule has 0 bridgehead atoms. The first kappa shape index (κ1) is 30.6. The fourth-order valence-corrected chi connectivity index (χ4v) is 9.26. The van der Waals surface area contributed by atoms with Crippen molar-refractivity contribution in [3.05, 3.63) is 199 Å². The second kappa shape index (κ2) is 14.6.